The zero-order chi connectivity index (χ0) is 11.7. The van der Waals surface area contributed by atoms with Crippen LogP contribution in [0.1, 0.15) is 19.3 Å². The third-order valence-corrected chi connectivity index (χ3v) is 3.34. The van der Waals surface area contributed by atoms with Crippen LogP contribution in [0.2, 0.25) is 0 Å². The van der Waals surface area contributed by atoms with Crippen LogP contribution in [0.15, 0.2) is 18.2 Å². The van der Waals surface area contributed by atoms with Crippen LogP contribution >= 0.6 is 0 Å². The smallest absolute Gasteiger partial charge is 0.160 e. The van der Waals surface area contributed by atoms with Gasteiger partial charge in [0.2, 0.25) is 0 Å². The number of benzene rings is 1. The third-order valence-electron chi connectivity index (χ3n) is 3.34. The van der Waals surface area contributed by atoms with Gasteiger partial charge in [0, 0.05) is 30.9 Å². The molecule has 0 aromatic heterocycles. The minimum absolute atomic E-state index is 0.123. The summed E-state index contributed by atoms with van der Waals surface area (Å²) >= 11 is 0. The lowest BCUT2D eigenvalue weighted by Crippen LogP contribution is -2.42. The highest BCUT2D eigenvalue weighted by molar-refractivity contribution is 5.47. The Morgan fingerprint density at radius 2 is 2.00 bits per heavy atom. The number of halogens is 2. The van der Waals surface area contributed by atoms with Gasteiger partial charge in [-0.05, 0) is 31.4 Å². The van der Waals surface area contributed by atoms with Gasteiger partial charge in [-0.15, -0.1) is 0 Å². The molecule has 1 aromatic carbocycles. The number of nitrogens with zero attached hydrogens (tertiary/aromatic N) is 1. The summed E-state index contributed by atoms with van der Waals surface area (Å²) < 4.78 is 25.9. The van der Waals surface area contributed by atoms with E-state index in [1.165, 1.54) is 6.07 Å². The van der Waals surface area contributed by atoms with E-state index in [0.29, 0.717) is 5.69 Å². The molecule has 1 saturated carbocycles. The number of nitrogens with two attached hydrogens (primary N) is 1. The molecule has 2 rings (SSSR count). The summed E-state index contributed by atoms with van der Waals surface area (Å²) in [5.74, 6) is -1.62. The van der Waals surface area contributed by atoms with Crippen molar-refractivity contribution in [1.82, 2.24) is 0 Å². The maximum atomic E-state index is 13.1. The Morgan fingerprint density at radius 1 is 1.25 bits per heavy atom. The van der Waals surface area contributed by atoms with E-state index in [9.17, 15) is 8.78 Å². The van der Waals surface area contributed by atoms with Gasteiger partial charge in [0.25, 0.3) is 0 Å². The SMILES string of the molecule is CN(c1ccc(F)c(F)c1)C1CCCC1N. The predicted octanol–water partition coefficient (Wildman–Crippen LogP) is 2.28. The molecule has 0 aliphatic heterocycles. The fourth-order valence-electron chi connectivity index (χ4n) is 2.35. The number of rotatable bonds is 2. The molecule has 1 aliphatic rings. The topological polar surface area (TPSA) is 29.3 Å². The number of anilines is 1. The van der Waals surface area contributed by atoms with Crippen LogP contribution in [-0.4, -0.2) is 19.1 Å². The first kappa shape index (κ1) is 11.3. The van der Waals surface area contributed by atoms with E-state index in [4.69, 9.17) is 5.73 Å². The van der Waals surface area contributed by atoms with Crippen molar-refractivity contribution in [1.29, 1.82) is 0 Å². The summed E-state index contributed by atoms with van der Waals surface area (Å²) in [6.07, 6.45) is 3.11. The summed E-state index contributed by atoms with van der Waals surface area (Å²) in [6.45, 7) is 0. The molecule has 1 aromatic rings. The molecule has 2 nitrogen and oxygen atoms in total. The molecule has 2 atom stereocenters. The third kappa shape index (κ3) is 2.02. The Labute approximate surface area is 94.0 Å². The first-order valence-corrected chi connectivity index (χ1v) is 5.53. The van der Waals surface area contributed by atoms with Crippen LogP contribution in [0.25, 0.3) is 0 Å². The summed E-state index contributed by atoms with van der Waals surface area (Å²) in [7, 11) is 1.88. The van der Waals surface area contributed by atoms with Crippen molar-refractivity contribution in [2.24, 2.45) is 5.73 Å². The van der Waals surface area contributed by atoms with Gasteiger partial charge in [-0.3, -0.25) is 0 Å². The van der Waals surface area contributed by atoms with Crippen molar-refractivity contribution in [2.45, 2.75) is 31.3 Å². The highest BCUT2D eigenvalue weighted by atomic mass is 19.2. The Kier molecular flexibility index (Phi) is 3.10. The fourth-order valence-corrected chi connectivity index (χ4v) is 2.35. The molecule has 4 heteroatoms. The first-order chi connectivity index (χ1) is 7.59. The quantitative estimate of drug-likeness (QED) is 0.838. The molecule has 16 heavy (non-hydrogen) atoms. The number of hydrogen-bond acceptors (Lipinski definition) is 2. The Morgan fingerprint density at radius 3 is 2.56 bits per heavy atom. The number of likely N-dealkylation sites (N-methyl/N-ethyl adjacent to an activating group) is 1. The highest BCUT2D eigenvalue weighted by Gasteiger charge is 2.27. The normalized spacial score (nSPS) is 24.8. The lowest BCUT2D eigenvalue weighted by molar-refractivity contribution is 0.506. The molecule has 2 unspecified atom stereocenters. The van der Waals surface area contributed by atoms with Gasteiger partial charge in [-0.1, -0.05) is 0 Å². The van der Waals surface area contributed by atoms with Crippen LogP contribution in [0, 0.1) is 11.6 Å². The van der Waals surface area contributed by atoms with Gasteiger partial charge in [0.15, 0.2) is 11.6 Å². The molecule has 1 aliphatic carbocycles. The van der Waals surface area contributed by atoms with Crippen LogP contribution in [0.5, 0.6) is 0 Å². The zero-order valence-electron chi connectivity index (χ0n) is 9.29. The van der Waals surface area contributed by atoms with Crippen LogP contribution in [0.4, 0.5) is 14.5 Å². The second kappa shape index (κ2) is 4.37. The highest BCUT2D eigenvalue weighted by Crippen LogP contribution is 2.27. The van der Waals surface area contributed by atoms with Crippen molar-refractivity contribution in [3.63, 3.8) is 0 Å². The van der Waals surface area contributed by atoms with Gasteiger partial charge in [-0.25, -0.2) is 8.78 Å². The van der Waals surface area contributed by atoms with Gasteiger partial charge >= 0.3 is 0 Å². The van der Waals surface area contributed by atoms with Crippen molar-refractivity contribution < 1.29 is 8.78 Å². The Bertz CT molecular complexity index is 381. The Hall–Kier alpha value is -1.16. The Balaban J connectivity index is 2.20. The van der Waals surface area contributed by atoms with Crippen LogP contribution < -0.4 is 10.6 Å². The van der Waals surface area contributed by atoms with Crippen molar-refractivity contribution >= 4 is 5.69 Å². The molecule has 0 bridgehead atoms. The van der Waals surface area contributed by atoms with Gasteiger partial charge < -0.3 is 10.6 Å². The zero-order valence-corrected chi connectivity index (χ0v) is 9.29. The molecule has 0 radical (unpaired) electrons. The maximum absolute atomic E-state index is 13.1. The lowest BCUT2D eigenvalue weighted by atomic mass is 10.1. The van der Waals surface area contributed by atoms with Gasteiger partial charge in [0.05, 0.1) is 0 Å². The summed E-state index contributed by atoms with van der Waals surface area (Å²) in [6, 6.07) is 4.31. The minimum atomic E-state index is -0.812. The largest absolute Gasteiger partial charge is 0.370 e. The second-order valence-corrected chi connectivity index (χ2v) is 4.37. The van der Waals surface area contributed by atoms with E-state index in [-0.39, 0.29) is 12.1 Å². The molecule has 2 N–H and O–H groups in total. The molecule has 88 valence electrons. The number of hydrogen-bond donors (Lipinski definition) is 1. The van der Waals surface area contributed by atoms with Crippen molar-refractivity contribution in [2.75, 3.05) is 11.9 Å². The van der Waals surface area contributed by atoms with Crippen LogP contribution in [-0.2, 0) is 0 Å². The lowest BCUT2D eigenvalue weighted by Gasteiger charge is -2.29. The van der Waals surface area contributed by atoms with E-state index in [0.717, 1.165) is 25.3 Å². The predicted molar refractivity (Wildman–Crippen MR) is 60.4 cm³/mol. The van der Waals surface area contributed by atoms with E-state index in [2.05, 4.69) is 0 Å². The van der Waals surface area contributed by atoms with E-state index < -0.39 is 11.6 Å². The van der Waals surface area contributed by atoms with Gasteiger partial charge in [-0.2, -0.15) is 0 Å². The summed E-state index contributed by atoms with van der Waals surface area (Å²) in [5, 5.41) is 0. The molecule has 0 saturated heterocycles. The molecule has 1 fully saturated rings. The molecule has 0 spiro atoms. The molecular weight excluding hydrogens is 210 g/mol. The van der Waals surface area contributed by atoms with E-state index in [1.54, 1.807) is 6.07 Å². The van der Waals surface area contributed by atoms with Crippen LogP contribution in [0.3, 0.4) is 0 Å². The average Bonchev–Trinajstić information content (AvgIpc) is 2.67. The maximum Gasteiger partial charge on any atom is 0.160 e. The average molecular weight is 226 g/mol. The van der Waals surface area contributed by atoms with E-state index >= 15 is 0 Å². The molecule has 0 amide bonds. The fraction of sp³-hybridized carbons (Fsp3) is 0.500. The van der Waals surface area contributed by atoms with Crippen molar-refractivity contribution in [3.8, 4) is 0 Å². The van der Waals surface area contributed by atoms with Crippen molar-refractivity contribution in [3.05, 3.63) is 29.8 Å². The monoisotopic (exact) mass is 226 g/mol. The molecule has 0 heterocycles. The summed E-state index contributed by atoms with van der Waals surface area (Å²) in [4.78, 5) is 1.94. The molecular formula is C12H16F2N2. The van der Waals surface area contributed by atoms with Gasteiger partial charge in [0.1, 0.15) is 0 Å². The first-order valence-electron chi connectivity index (χ1n) is 5.53. The second-order valence-electron chi connectivity index (χ2n) is 4.37. The summed E-state index contributed by atoms with van der Waals surface area (Å²) in [5.41, 5.74) is 6.66. The minimum Gasteiger partial charge on any atom is -0.370 e. The van der Waals surface area contributed by atoms with E-state index in [1.807, 2.05) is 11.9 Å². The standard InChI is InChI=1S/C12H16F2N2/c1-16(12-4-2-3-11(12)15)8-5-6-9(13)10(14)7-8/h5-7,11-12H,2-4,15H2,1H3.